The van der Waals surface area contributed by atoms with E-state index in [1.165, 1.54) is 12.1 Å². The van der Waals surface area contributed by atoms with Gasteiger partial charge in [-0.05, 0) is 32.0 Å². The third kappa shape index (κ3) is 3.85. The van der Waals surface area contributed by atoms with Crippen LogP contribution in [0.3, 0.4) is 0 Å². The predicted molar refractivity (Wildman–Crippen MR) is 83.3 cm³/mol. The number of benzene rings is 1. The highest BCUT2D eigenvalue weighted by atomic mass is 35.5. The van der Waals surface area contributed by atoms with Gasteiger partial charge in [0.05, 0.1) is 5.56 Å². The lowest BCUT2D eigenvalue weighted by atomic mass is 10.1. The van der Waals surface area contributed by atoms with Crippen molar-refractivity contribution in [2.24, 2.45) is 0 Å². The van der Waals surface area contributed by atoms with E-state index in [-0.39, 0.29) is 22.4 Å². The van der Waals surface area contributed by atoms with E-state index in [4.69, 9.17) is 11.6 Å². The second kappa shape index (κ2) is 6.92. The molecule has 2 amide bonds. The predicted octanol–water partition coefficient (Wildman–Crippen LogP) is 2.73. The second-order valence-electron chi connectivity index (χ2n) is 5.46. The summed E-state index contributed by atoms with van der Waals surface area (Å²) in [5.41, 5.74) is 0.945. The zero-order valence-electron chi connectivity index (χ0n) is 12.6. The fraction of sp³-hybridized carbons (Fsp3) is 0.375. The fourth-order valence-electron chi connectivity index (χ4n) is 2.30. The molecule has 1 aliphatic rings. The summed E-state index contributed by atoms with van der Waals surface area (Å²) in [5, 5.41) is 0.256. The second-order valence-corrected chi connectivity index (χ2v) is 5.90. The van der Waals surface area contributed by atoms with Crippen molar-refractivity contribution in [2.75, 3.05) is 26.2 Å². The summed E-state index contributed by atoms with van der Waals surface area (Å²) >= 11 is 5.69. The lowest BCUT2D eigenvalue weighted by Gasteiger charge is -2.34. The maximum Gasteiger partial charge on any atom is 0.256 e. The Morgan fingerprint density at radius 2 is 1.73 bits per heavy atom. The summed E-state index contributed by atoms with van der Waals surface area (Å²) in [6.45, 7) is 5.40. The van der Waals surface area contributed by atoms with Gasteiger partial charge in [0.25, 0.3) is 5.91 Å². The van der Waals surface area contributed by atoms with Gasteiger partial charge in [0.1, 0.15) is 5.82 Å². The fourth-order valence-corrected chi connectivity index (χ4v) is 2.46. The van der Waals surface area contributed by atoms with Crippen LogP contribution in [-0.4, -0.2) is 47.8 Å². The van der Waals surface area contributed by atoms with Crippen LogP contribution in [0.4, 0.5) is 4.39 Å². The quantitative estimate of drug-likeness (QED) is 0.785. The van der Waals surface area contributed by atoms with Crippen molar-refractivity contribution in [3.8, 4) is 0 Å². The van der Waals surface area contributed by atoms with Gasteiger partial charge >= 0.3 is 0 Å². The molecule has 2 rings (SSSR count). The highest BCUT2D eigenvalue weighted by Crippen LogP contribution is 2.17. The Kier molecular flexibility index (Phi) is 5.19. The molecule has 118 valence electrons. The van der Waals surface area contributed by atoms with Gasteiger partial charge in [0.15, 0.2) is 0 Å². The largest absolute Gasteiger partial charge is 0.336 e. The van der Waals surface area contributed by atoms with Gasteiger partial charge < -0.3 is 9.80 Å². The van der Waals surface area contributed by atoms with Crippen molar-refractivity contribution in [3.05, 3.63) is 46.3 Å². The molecule has 0 unspecified atom stereocenters. The zero-order valence-corrected chi connectivity index (χ0v) is 13.4. The minimum absolute atomic E-state index is 0.00785. The molecule has 1 saturated heterocycles. The molecular formula is C16H18ClFN2O2. The number of hydrogen-bond acceptors (Lipinski definition) is 2. The van der Waals surface area contributed by atoms with Crippen LogP contribution in [0, 0.1) is 5.82 Å². The van der Waals surface area contributed by atoms with Crippen molar-refractivity contribution in [1.82, 2.24) is 9.80 Å². The van der Waals surface area contributed by atoms with Crippen molar-refractivity contribution in [2.45, 2.75) is 13.8 Å². The highest BCUT2D eigenvalue weighted by molar-refractivity contribution is 6.30. The number of hydrogen-bond donors (Lipinski definition) is 0. The summed E-state index contributed by atoms with van der Waals surface area (Å²) in [6.07, 6.45) is 1.58. The molecule has 1 aromatic carbocycles. The summed E-state index contributed by atoms with van der Waals surface area (Å²) in [4.78, 5) is 27.5. The first-order chi connectivity index (χ1) is 10.4. The first-order valence-corrected chi connectivity index (χ1v) is 7.44. The smallest absolute Gasteiger partial charge is 0.256 e. The Morgan fingerprint density at radius 3 is 2.27 bits per heavy atom. The van der Waals surface area contributed by atoms with E-state index < -0.39 is 5.82 Å². The van der Waals surface area contributed by atoms with Gasteiger partial charge in [0.2, 0.25) is 5.91 Å². The number of allylic oxidation sites excluding steroid dienone is 1. The van der Waals surface area contributed by atoms with Crippen molar-refractivity contribution in [1.29, 1.82) is 0 Å². The number of piperazine rings is 1. The lowest BCUT2D eigenvalue weighted by molar-refractivity contribution is -0.127. The van der Waals surface area contributed by atoms with Crippen LogP contribution in [0.5, 0.6) is 0 Å². The van der Waals surface area contributed by atoms with E-state index in [0.717, 1.165) is 11.6 Å². The first-order valence-electron chi connectivity index (χ1n) is 7.06. The number of halogens is 2. The van der Waals surface area contributed by atoms with E-state index >= 15 is 0 Å². The molecule has 0 saturated carbocycles. The SMILES string of the molecule is CC(C)=CC(=O)N1CCN(C(=O)c2ccc(Cl)cc2F)CC1. The number of rotatable bonds is 2. The van der Waals surface area contributed by atoms with Crippen LogP contribution in [0.15, 0.2) is 29.8 Å². The maximum atomic E-state index is 13.8. The maximum absolute atomic E-state index is 13.8. The van der Waals surface area contributed by atoms with Crippen LogP contribution in [0.25, 0.3) is 0 Å². The van der Waals surface area contributed by atoms with Crippen molar-refractivity contribution in [3.63, 3.8) is 0 Å². The average molecular weight is 325 g/mol. The minimum atomic E-state index is -0.624. The molecule has 0 spiro atoms. The van der Waals surface area contributed by atoms with Crippen molar-refractivity contribution >= 4 is 23.4 Å². The molecule has 0 N–H and O–H groups in total. The van der Waals surface area contributed by atoms with Crippen LogP contribution in [0.1, 0.15) is 24.2 Å². The van der Waals surface area contributed by atoms with Gasteiger partial charge in [-0.15, -0.1) is 0 Å². The molecule has 1 heterocycles. The summed E-state index contributed by atoms with van der Waals surface area (Å²) in [6, 6.07) is 4.01. The highest BCUT2D eigenvalue weighted by Gasteiger charge is 2.25. The molecule has 0 aliphatic carbocycles. The third-order valence-corrected chi connectivity index (χ3v) is 3.69. The molecule has 0 aromatic heterocycles. The van der Waals surface area contributed by atoms with Crippen LogP contribution < -0.4 is 0 Å². The lowest BCUT2D eigenvalue weighted by Crippen LogP contribution is -2.50. The van der Waals surface area contributed by atoms with E-state index in [1.54, 1.807) is 15.9 Å². The molecule has 1 aromatic rings. The van der Waals surface area contributed by atoms with Gasteiger partial charge in [-0.25, -0.2) is 4.39 Å². The Labute approximate surface area is 134 Å². The van der Waals surface area contributed by atoms with E-state index in [0.29, 0.717) is 26.2 Å². The monoisotopic (exact) mass is 324 g/mol. The minimum Gasteiger partial charge on any atom is -0.336 e. The van der Waals surface area contributed by atoms with Crippen LogP contribution in [-0.2, 0) is 4.79 Å². The van der Waals surface area contributed by atoms with Gasteiger partial charge in [-0.3, -0.25) is 9.59 Å². The number of amides is 2. The molecule has 1 fully saturated rings. The van der Waals surface area contributed by atoms with E-state index in [9.17, 15) is 14.0 Å². The zero-order chi connectivity index (χ0) is 16.3. The normalized spacial score (nSPS) is 14.7. The molecule has 6 heteroatoms. The summed E-state index contributed by atoms with van der Waals surface area (Å²) in [7, 11) is 0. The third-order valence-electron chi connectivity index (χ3n) is 3.45. The number of carbonyl (C=O) groups excluding carboxylic acids is 2. The molecule has 0 atom stereocenters. The average Bonchev–Trinajstić information content (AvgIpc) is 2.46. The van der Waals surface area contributed by atoms with Gasteiger partial charge in [-0.1, -0.05) is 17.2 Å². The number of carbonyl (C=O) groups is 2. The molecule has 0 bridgehead atoms. The van der Waals surface area contributed by atoms with Crippen LogP contribution >= 0.6 is 11.6 Å². The summed E-state index contributed by atoms with van der Waals surface area (Å²) < 4.78 is 13.8. The number of nitrogens with zero attached hydrogens (tertiary/aromatic N) is 2. The Hall–Kier alpha value is -1.88. The topological polar surface area (TPSA) is 40.6 Å². The standard InChI is InChI=1S/C16H18ClFN2O2/c1-11(2)9-15(21)19-5-7-20(8-6-19)16(22)13-4-3-12(17)10-14(13)18/h3-4,9-10H,5-8H2,1-2H3. The van der Waals surface area contributed by atoms with Gasteiger partial charge in [-0.2, -0.15) is 0 Å². The molecule has 0 radical (unpaired) electrons. The van der Waals surface area contributed by atoms with Gasteiger partial charge in [0, 0.05) is 37.3 Å². The molecule has 1 aliphatic heterocycles. The molecular weight excluding hydrogens is 307 g/mol. The van der Waals surface area contributed by atoms with Crippen molar-refractivity contribution < 1.29 is 14.0 Å². The molecule has 4 nitrogen and oxygen atoms in total. The summed E-state index contributed by atoms with van der Waals surface area (Å²) in [5.74, 6) is -1.05. The van der Waals surface area contributed by atoms with E-state index in [2.05, 4.69) is 0 Å². The first kappa shape index (κ1) is 16.5. The van der Waals surface area contributed by atoms with Crippen LogP contribution in [0.2, 0.25) is 5.02 Å². The van der Waals surface area contributed by atoms with E-state index in [1.807, 2.05) is 13.8 Å². The molecule has 22 heavy (non-hydrogen) atoms. The Bertz CT molecular complexity index is 619. The Morgan fingerprint density at radius 1 is 1.14 bits per heavy atom. The Balaban J connectivity index is 2.01.